The summed E-state index contributed by atoms with van der Waals surface area (Å²) in [5, 5.41) is 0. The zero-order valence-corrected chi connectivity index (χ0v) is 6.67. The molecule has 0 fully saturated rings. The Morgan fingerprint density at radius 1 is 1.45 bits per heavy atom. The van der Waals surface area contributed by atoms with Gasteiger partial charge in [0.15, 0.2) is 0 Å². The molecule has 0 spiro atoms. The maximum Gasteiger partial charge on any atom is 0.123 e. The molecule has 1 aromatic heterocycles. The SMILES string of the molecule is CCCc1cc(N)ncc1N. The summed E-state index contributed by atoms with van der Waals surface area (Å²) in [5.74, 6) is 0.544. The van der Waals surface area contributed by atoms with Gasteiger partial charge in [-0.15, -0.1) is 0 Å². The number of nitrogens with two attached hydrogens (primary N) is 2. The van der Waals surface area contributed by atoms with Gasteiger partial charge in [0, 0.05) is 0 Å². The number of aryl methyl sites for hydroxylation is 1. The van der Waals surface area contributed by atoms with E-state index in [2.05, 4.69) is 11.9 Å². The van der Waals surface area contributed by atoms with Crippen LogP contribution in [0, 0.1) is 0 Å². The van der Waals surface area contributed by atoms with Crippen molar-refractivity contribution in [2.45, 2.75) is 19.8 Å². The van der Waals surface area contributed by atoms with Crippen molar-refractivity contribution in [2.75, 3.05) is 11.5 Å². The first-order valence-corrected chi connectivity index (χ1v) is 3.74. The van der Waals surface area contributed by atoms with Gasteiger partial charge >= 0.3 is 0 Å². The minimum absolute atomic E-state index is 0.544. The fourth-order valence-electron chi connectivity index (χ4n) is 1.01. The van der Waals surface area contributed by atoms with Crippen LogP contribution >= 0.6 is 0 Å². The summed E-state index contributed by atoms with van der Waals surface area (Å²) in [4.78, 5) is 3.87. The number of hydrogen-bond donors (Lipinski definition) is 2. The van der Waals surface area contributed by atoms with E-state index in [-0.39, 0.29) is 0 Å². The molecule has 1 aromatic rings. The van der Waals surface area contributed by atoms with Crippen molar-refractivity contribution in [1.29, 1.82) is 0 Å². The van der Waals surface area contributed by atoms with Crippen molar-refractivity contribution in [1.82, 2.24) is 4.98 Å². The normalized spacial score (nSPS) is 9.91. The van der Waals surface area contributed by atoms with Crippen LogP contribution in [0.15, 0.2) is 12.3 Å². The first kappa shape index (κ1) is 7.85. The Balaban J connectivity index is 2.93. The highest BCUT2D eigenvalue weighted by atomic mass is 14.8. The van der Waals surface area contributed by atoms with Gasteiger partial charge in [0.1, 0.15) is 5.82 Å². The molecule has 3 nitrogen and oxygen atoms in total. The third-order valence-corrected chi connectivity index (χ3v) is 1.56. The molecule has 4 N–H and O–H groups in total. The molecule has 0 atom stereocenters. The van der Waals surface area contributed by atoms with Gasteiger partial charge in [0.25, 0.3) is 0 Å². The highest BCUT2D eigenvalue weighted by molar-refractivity contribution is 5.49. The van der Waals surface area contributed by atoms with Crippen LogP contribution in [0.4, 0.5) is 11.5 Å². The molecule has 0 saturated heterocycles. The summed E-state index contributed by atoms with van der Waals surface area (Å²) in [6.07, 6.45) is 3.66. The van der Waals surface area contributed by atoms with E-state index in [9.17, 15) is 0 Å². The Bertz CT molecular complexity index is 245. The van der Waals surface area contributed by atoms with Gasteiger partial charge in [-0.2, -0.15) is 0 Å². The summed E-state index contributed by atoms with van der Waals surface area (Å²) in [6, 6.07) is 1.83. The molecular formula is C8H13N3. The lowest BCUT2D eigenvalue weighted by Crippen LogP contribution is -1.98. The number of rotatable bonds is 2. The van der Waals surface area contributed by atoms with Gasteiger partial charge in [0.2, 0.25) is 0 Å². The second-order valence-electron chi connectivity index (χ2n) is 2.56. The zero-order valence-electron chi connectivity index (χ0n) is 6.67. The first-order valence-electron chi connectivity index (χ1n) is 3.74. The fraction of sp³-hybridized carbons (Fsp3) is 0.375. The topological polar surface area (TPSA) is 64.9 Å². The summed E-state index contributed by atoms with van der Waals surface area (Å²) in [6.45, 7) is 2.11. The lowest BCUT2D eigenvalue weighted by molar-refractivity contribution is 0.922. The molecule has 0 aromatic carbocycles. The van der Waals surface area contributed by atoms with E-state index in [4.69, 9.17) is 11.5 Å². The van der Waals surface area contributed by atoms with E-state index in [1.54, 1.807) is 6.20 Å². The van der Waals surface area contributed by atoms with Gasteiger partial charge in [-0.25, -0.2) is 4.98 Å². The van der Waals surface area contributed by atoms with Gasteiger partial charge in [-0.3, -0.25) is 0 Å². The maximum atomic E-state index is 5.66. The van der Waals surface area contributed by atoms with E-state index >= 15 is 0 Å². The average Bonchev–Trinajstić information content (AvgIpc) is 1.98. The molecule has 0 radical (unpaired) electrons. The molecule has 3 heteroatoms. The summed E-state index contributed by atoms with van der Waals surface area (Å²) < 4.78 is 0. The number of nitrogens with zero attached hydrogens (tertiary/aromatic N) is 1. The van der Waals surface area contributed by atoms with Crippen molar-refractivity contribution in [3.8, 4) is 0 Å². The van der Waals surface area contributed by atoms with Crippen LogP contribution in [0.25, 0.3) is 0 Å². The van der Waals surface area contributed by atoms with Gasteiger partial charge in [0.05, 0.1) is 11.9 Å². The van der Waals surface area contributed by atoms with Crippen LogP contribution in [-0.4, -0.2) is 4.98 Å². The Hall–Kier alpha value is -1.25. The Kier molecular flexibility index (Phi) is 2.31. The lowest BCUT2D eigenvalue weighted by atomic mass is 10.1. The molecule has 1 heterocycles. The number of pyridine rings is 1. The molecule has 0 unspecified atom stereocenters. The van der Waals surface area contributed by atoms with Crippen molar-refractivity contribution >= 4 is 11.5 Å². The third-order valence-electron chi connectivity index (χ3n) is 1.56. The summed E-state index contributed by atoms with van der Waals surface area (Å²) in [5.41, 5.74) is 13.0. The number of hydrogen-bond acceptors (Lipinski definition) is 3. The second-order valence-corrected chi connectivity index (χ2v) is 2.56. The van der Waals surface area contributed by atoms with Crippen LogP contribution in [0.1, 0.15) is 18.9 Å². The predicted molar refractivity (Wildman–Crippen MR) is 47.1 cm³/mol. The molecule has 0 aliphatic carbocycles. The van der Waals surface area contributed by atoms with Crippen molar-refractivity contribution in [2.24, 2.45) is 0 Å². The molecule has 0 bridgehead atoms. The van der Waals surface area contributed by atoms with E-state index in [0.29, 0.717) is 5.82 Å². The average molecular weight is 151 g/mol. The minimum atomic E-state index is 0.544. The molecule has 11 heavy (non-hydrogen) atoms. The quantitative estimate of drug-likeness (QED) is 0.667. The van der Waals surface area contributed by atoms with Crippen molar-refractivity contribution in [3.05, 3.63) is 17.8 Å². The standard InChI is InChI=1S/C8H13N3/c1-2-3-6-4-8(10)11-5-7(6)9/h4-5H,2-3,9H2,1H3,(H2,10,11). The van der Waals surface area contributed by atoms with Crippen LogP contribution in [0.5, 0.6) is 0 Å². The van der Waals surface area contributed by atoms with Gasteiger partial charge < -0.3 is 11.5 Å². The Morgan fingerprint density at radius 3 is 2.82 bits per heavy atom. The van der Waals surface area contributed by atoms with E-state index < -0.39 is 0 Å². The van der Waals surface area contributed by atoms with Gasteiger partial charge in [-0.1, -0.05) is 13.3 Å². The zero-order chi connectivity index (χ0) is 8.27. The fourth-order valence-corrected chi connectivity index (χ4v) is 1.01. The summed E-state index contributed by atoms with van der Waals surface area (Å²) in [7, 11) is 0. The highest BCUT2D eigenvalue weighted by Gasteiger charge is 1.98. The molecule has 60 valence electrons. The molecule has 0 saturated carbocycles. The van der Waals surface area contributed by atoms with Crippen molar-refractivity contribution in [3.63, 3.8) is 0 Å². The molecular weight excluding hydrogens is 138 g/mol. The molecule has 1 rings (SSSR count). The Labute approximate surface area is 66.4 Å². The number of nitrogen functional groups attached to an aromatic ring is 2. The predicted octanol–water partition coefficient (Wildman–Crippen LogP) is 1.20. The van der Waals surface area contributed by atoms with Crippen LogP contribution in [-0.2, 0) is 6.42 Å². The smallest absolute Gasteiger partial charge is 0.123 e. The van der Waals surface area contributed by atoms with Crippen LogP contribution in [0.2, 0.25) is 0 Å². The molecule has 0 aliphatic rings. The van der Waals surface area contributed by atoms with Crippen LogP contribution < -0.4 is 11.5 Å². The van der Waals surface area contributed by atoms with E-state index in [1.807, 2.05) is 6.07 Å². The lowest BCUT2D eigenvalue weighted by Gasteiger charge is -2.03. The van der Waals surface area contributed by atoms with E-state index in [1.165, 1.54) is 0 Å². The van der Waals surface area contributed by atoms with E-state index in [0.717, 1.165) is 24.1 Å². The molecule has 0 amide bonds. The largest absolute Gasteiger partial charge is 0.397 e. The maximum absolute atomic E-state index is 5.66. The number of aromatic nitrogens is 1. The monoisotopic (exact) mass is 151 g/mol. The number of anilines is 2. The van der Waals surface area contributed by atoms with Gasteiger partial charge in [-0.05, 0) is 18.1 Å². The second kappa shape index (κ2) is 3.23. The summed E-state index contributed by atoms with van der Waals surface area (Å²) >= 11 is 0. The Morgan fingerprint density at radius 2 is 2.18 bits per heavy atom. The third kappa shape index (κ3) is 1.83. The highest BCUT2D eigenvalue weighted by Crippen LogP contribution is 2.14. The van der Waals surface area contributed by atoms with Crippen molar-refractivity contribution < 1.29 is 0 Å². The first-order chi connectivity index (χ1) is 5.24. The van der Waals surface area contributed by atoms with Crippen LogP contribution in [0.3, 0.4) is 0 Å². The minimum Gasteiger partial charge on any atom is -0.397 e. The molecule has 0 aliphatic heterocycles.